The molecule has 3 N–H and O–H groups in total. The molecule has 0 aromatic carbocycles. The normalized spacial score (nSPS) is 14.8. The number of phosphoric ester groups is 1. The van der Waals surface area contributed by atoms with Crippen molar-refractivity contribution in [1.82, 2.24) is 0 Å². The Morgan fingerprint density at radius 2 is 1.12 bits per heavy atom. The molecule has 0 saturated heterocycles. The van der Waals surface area contributed by atoms with Crippen LogP contribution in [0, 0.1) is 0 Å². The Labute approximate surface area is 296 Å². The second-order valence-corrected chi connectivity index (χ2v) is 13.3. The quantitative estimate of drug-likeness (QED) is 0.0261. The highest BCUT2D eigenvalue weighted by Crippen LogP contribution is 2.43. The van der Waals surface area contributed by atoms with Crippen LogP contribution in [0.1, 0.15) is 129 Å². The third kappa shape index (κ3) is 33.9. The van der Waals surface area contributed by atoms with Crippen LogP contribution in [-0.2, 0) is 32.7 Å². The van der Waals surface area contributed by atoms with Crippen molar-refractivity contribution in [2.45, 2.75) is 142 Å². The Morgan fingerprint density at radius 1 is 0.633 bits per heavy atom. The average Bonchev–Trinajstić information content (AvgIpc) is 3.09. The van der Waals surface area contributed by atoms with Crippen LogP contribution in [-0.4, -0.2) is 65.7 Å². The fourth-order valence-electron chi connectivity index (χ4n) is 4.38. The molecule has 0 fully saturated rings. The molecule has 0 aliphatic carbocycles. The van der Waals surface area contributed by atoms with Gasteiger partial charge in [-0.15, -0.1) is 0 Å². The van der Waals surface area contributed by atoms with Crippen molar-refractivity contribution in [2.24, 2.45) is 0 Å². The van der Waals surface area contributed by atoms with Gasteiger partial charge in [-0.2, -0.15) is 0 Å². The zero-order chi connectivity index (χ0) is 36.3. The predicted octanol–water partition coefficient (Wildman–Crippen LogP) is 8.77. The SMILES string of the molecule is CC/C=C/C/C=C/C/C=C/C/C=C/C/C=C/CCCC(=O)O[C@H](COC(=O)CCCCCCCCCCC)COP(=O)(O)OC[C@@H](O)CO. The molecule has 282 valence electrons. The van der Waals surface area contributed by atoms with Crippen LogP contribution in [0.25, 0.3) is 0 Å². The summed E-state index contributed by atoms with van der Waals surface area (Å²) < 4.78 is 32.4. The first-order valence-corrected chi connectivity index (χ1v) is 19.7. The molecule has 11 heteroatoms. The molecule has 0 saturated carbocycles. The largest absolute Gasteiger partial charge is 0.472 e. The molecular formula is C38H65O10P. The molecule has 0 bridgehead atoms. The number of phosphoric acid groups is 1. The summed E-state index contributed by atoms with van der Waals surface area (Å²) in [7, 11) is -4.62. The lowest BCUT2D eigenvalue weighted by molar-refractivity contribution is -0.161. The first-order valence-electron chi connectivity index (χ1n) is 18.2. The number of rotatable bonds is 33. The summed E-state index contributed by atoms with van der Waals surface area (Å²) in [4.78, 5) is 34.7. The first kappa shape index (κ1) is 46.7. The molecule has 0 aliphatic heterocycles. The van der Waals surface area contributed by atoms with Crippen molar-refractivity contribution < 1.29 is 47.8 Å². The summed E-state index contributed by atoms with van der Waals surface area (Å²) in [6.45, 7) is 2.14. The molecule has 49 heavy (non-hydrogen) atoms. The van der Waals surface area contributed by atoms with Crippen LogP contribution >= 0.6 is 7.82 Å². The van der Waals surface area contributed by atoms with E-state index in [1.165, 1.54) is 32.1 Å². The molecule has 0 radical (unpaired) electrons. The van der Waals surface area contributed by atoms with E-state index in [1.54, 1.807) is 0 Å². The molecule has 0 aromatic heterocycles. The molecule has 0 heterocycles. The van der Waals surface area contributed by atoms with Gasteiger partial charge in [0.1, 0.15) is 12.7 Å². The third-order valence-corrected chi connectivity index (χ3v) is 8.14. The maximum atomic E-state index is 12.5. The van der Waals surface area contributed by atoms with E-state index in [0.29, 0.717) is 19.3 Å². The van der Waals surface area contributed by atoms with Gasteiger partial charge < -0.3 is 24.6 Å². The summed E-state index contributed by atoms with van der Waals surface area (Å²) in [5, 5.41) is 18.2. The number of carbonyl (C=O) groups is 2. The van der Waals surface area contributed by atoms with Gasteiger partial charge in [0.2, 0.25) is 0 Å². The fraction of sp³-hybridized carbons (Fsp3) is 0.684. The lowest BCUT2D eigenvalue weighted by Crippen LogP contribution is -2.29. The Hall–Kier alpha value is -2.33. The highest BCUT2D eigenvalue weighted by molar-refractivity contribution is 7.47. The second-order valence-electron chi connectivity index (χ2n) is 11.9. The predicted molar refractivity (Wildman–Crippen MR) is 196 cm³/mol. The minimum Gasteiger partial charge on any atom is -0.462 e. The maximum absolute atomic E-state index is 12.5. The number of hydrogen-bond donors (Lipinski definition) is 3. The van der Waals surface area contributed by atoms with Gasteiger partial charge in [-0.3, -0.25) is 18.6 Å². The van der Waals surface area contributed by atoms with E-state index in [9.17, 15) is 24.2 Å². The van der Waals surface area contributed by atoms with E-state index in [-0.39, 0.29) is 19.4 Å². The van der Waals surface area contributed by atoms with Crippen molar-refractivity contribution in [3.63, 3.8) is 0 Å². The lowest BCUT2D eigenvalue weighted by Gasteiger charge is -2.20. The zero-order valence-electron chi connectivity index (χ0n) is 30.1. The molecule has 0 rings (SSSR count). The van der Waals surface area contributed by atoms with Crippen LogP contribution in [0.2, 0.25) is 0 Å². The summed E-state index contributed by atoms with van der Waals surface area (Å²) in [6, 6.07) is 0. The Kier molecular flexibility index (Phi) is 32.5. The van der Waals surface area contributed by atoms with Gasteiger partial charge in [-0.05, 0) is 51.4 Å². The van der Waals surface area contributed by atoms with Crippen LogP contribution in [0.5, 0.6) is 0 Å². The van der Waals surface area contributed by atoms with Crippen LogP contribution in [0.15, 0.2) is 60.8 Å². The first-order chi connectivity index (χ1) is 23.7. The van der Waals surface area contributed by atoms with Gasteiger partial charge in [0, 0.05) is 12.8 Å². The molecule has 3 atom stereocenters. The van der Waals surface area contributed by atoms with Gasteiger partial charge in [-0.1, -0.05) is 126 Å². The van der Waals surface area contributed by atoms with Crippen molar-refractivity contribution in [3.05, 3.63) is 60.8 Å². The molecule has 0 aromatic rings. The molecule has 10 nitrogen and oxygen atoms in total. The van der Waals surface area contributed by atoms with Gasteiger partial charge in [0.15, 0.2) is 6.10 Å². The van der Waals surface area contributed by atoms with Gasteiger partial charge in [0.25, 0.3) is 0 Å². The number of aliphatic hydroxyl groups is 2. The fourth-order valence-corrected chi connectivity index (χ4v) is 5.17. The van der Waals surface area contributed by atoms with E-state index >= 15 is 0 Å². The minimum absolute atomic E-state index is 0.104. The van der Waals surface area contributed by atoms with Crippen molar-refractivity contribution in [2.75, 3.05) is 26.4 Å². The van der Waals surface area contributed by atoms with Gasteiger partial charge >= 0.3 is 19.8 Å². The molecule has 0 spiro atoms. The third-order valence-electron chi connectivity index (χ3n) is 7.19. The Bertz CT molecular complexity index is 1000. The van der Waals surface area contributed by atoms with E-state index < -0.39 is 51.8 Å². The highest BCUT2D eigenvalue weighted by Gasteiger charge is 2.27. The summed E-state index contributed by atoms with van der Waals surface area (Å²) in [5.41, 5.74) is 0. The van der Waals surface area contributed by atoms with E-state index in [0.717, 1.165) is 51.4 Å². The molecule has 1 unspecified atom stereocenters. The topological polar surface area (TPSA) is 149 Å². The summed E-state index contributed by atoms with van der Waals surface area (Å²) in [5.74, 6) is -1.00. The van der Waals surface area contributed by atoms with Crippen molar-refractivity contribution in [3.8, 4) is 0 Å². The molecule has 0 amide bonds. The number of hydrogen-bond acceptors (Lipinski definition) is 9. The number of esters is 2. The van der Waals surface area contributed by atoms with Crippen molar-refractivity contribution in [1.29, 1.82) is 0 Å². The Morgan fingerprint density at radius 3 is 1.67 bits per heavy atom. The van der Waals surface area contributed by atoms with E-state index in [2.05, 4.69) is 67.0 Å². The lowest BCUT2D eigenvalue weighted by atomic mass is 10.1. The van der Waals surface area contributed by atoms with Gasteiger partial charge in [-0.25, -0.2) is 4.57 Å². The Balaban J connectivity index is 4.50. The van der Waals surface area contributed by atoms with Crippen LogP contribution < -0.4 is 0 Å². The summed E-state index contributed by atoms with van der Waals surface area (Å²) in [6.07, 6.45) is 35.0. The highest BCUT2D eigenvalue weighted by atomic mass is 31.2. The number of unbranched alkanes of at least 4 members (excludes halogenated alkanes) is 9. The minimum atomic E-state index is -4.62. The average molecular weight is 713 g/mol. The summed E-state index contributed by atoms with van der Waals surface area (Å²) >= 11 is 0. The maximum Gasteiger partial charge on any atom is 0.472 e. The molecule has 0 aliphatic rings. The monoisotopic (exact) mass is 712 g/mol. The molecular weight excluding hydrogens is 647 g/mol. The number of carbonyl (C=O) groups excluding carboxylic acids is 2. The van der Waals surface area contributed by atoms with Gasteiger partial charge in [0.05, 0.1) is 19.8 Å². The number of aliphatic hydroxyl groups excluding tert-OH is 2. The second kappa shape index (κ2) is 34.1. The van der Waals surface area contributed by atoms with Crippen molar-refractivity contribution >= 4 is 19.8 Å². The van der Waals surface area contributed by atoms with E-state index in [1.807, 2.05) is 12.2 Å². The smallest absolute Gasteiger partial charge is 0.462 e. The standard InChI is InChI=1S/C38H65O10P/c1-3-5-7-9-11-13-14-15-16-17-18-19-20-22-24-26-28-30-38(42)48-36(34-47-49(43,44)46-32-35(40)31-39)33-45-37(41)29-27-25-23-21-12-10-8-6-4-2/h5,7,11,13,15-16,18-19,22,24,35-36,39-40H,3-4,6,8-10,12,14,17,20-21,23,25-34H2,1-2H3,(H,43,44)/b7-5+,13-11+,16-15+,19-18+,24-22+/t35-,36+/m0/s1. The van der Waals surface area contributed by atoms with Crippen LogP contribution in [0.4, 0.5) is 0 Å². The zero-order valence-corrected chi connectivity index (χ0v) is 31.0. The number of ether oxygens (including phenoxy) is 2. The van der Waals surface area contributed by atoms with Crippen LogP contribution in [0.3, 0.4) is 0 Å². The number of allylic oxidation sites excluding steroid dienone is 10. The van der Waals surface area contributed by atoms with E-state index in [4.69, 9.17) is 19.1 Å².